The third kappa shape index (κ3) is 3.43. The highest BCUT2D eigenvalue weighted by atomic mass is 79.9. The molecule has 18 heavy (non-hydrogen) atoms. The van der Waals surface area contributed by atoms with Crippen LogP contribution in [0.2, 0.25) is 0 Å². The molecular weight excluding hydrogens is 315 g/mol. The minimum absolute atomic E-state index is 0.219. The molecule has 0 N–H and O–H groups in total. The van der Waals surface area contributed by atoms with Crippen molar-refractivity contribution in [1.29, 1.82) is 0 Å². The lowest BCUT2D eigenvalue weighted by molar-refractivity contribution is -0.149. The molecule has 7 heteroatoms. The zero-order valence-electron chi connectivity index (χ0n) is 10.1. The Hall–Kier alpha value is -0.660. The van der Waals surface area contributed by atoms with Gasteiger partial charge in [-0.25, -0.2) is 0 Å². The number of alkyl halides is 4. The highest BCUT2D eigenvalue weighted by Gasteiger charge is 2.37. The van der Waals surface area contributed by atoms with Crippen LogP contribution in [0, 0.1) is 0 Å². The molecular formula is C11H13BrF3NO2. The molecule has 1 atom stereocenters. The summed E-state index contributed by atoms with van der Waals surface area (Å²) < 4.78 is 48.5. The molecule has 0 aliphatic heterocycles. The van der Waals surface area contributed by atoms with Crippen LogP contribution in [-0.4, -0.2) is 19.2 Å². The van der Waals surface area contributed by atoms with Crippen LogP contribution in [0.1, 0.15) is 34.9 Å². The second kappa shape index (κ2) is 5.99. The summed E-state index contributed by atoms with van der Waals surface area (Å²) in [5.41, 5.74) is -0.679. The zero-order chi connectivity index (χ0) is 13.9. The summed E-state index contributed by atoms with van der Waals surface area (Å²) in [5.74, 6) is 0. The van der Waals surface area contributed by atoms with Gasteiger partial charge in [-0.15, -0.1) is 0 Å². The molecule has 0 saturated carbocycles. The minimum atomic E-state index is -4.50. The van der Waals surface area contributed by atoms with Crippen LogP contribution in [0.3, 0.4) is 0 Å². The highest BCUT2D eigenvalue weighted by Crippen LogP contribution is 2.36. The van der Waals surface area contributed by atoms with E-state index in [9.17, 15) is 13.2 Å². The lowest BCUT2D eigenvalue weighted by atomic mass is 10.1. The van der Waals surface area contributed by atoms with Crippen molar-refractivity contribution in [3.05, 3.63) is 29.1 Å². The Morgan fingerprint density at radius 1 is 1.28 bits per heavy atom. The fraction of sp³-hybridized carbons (Fsp3) is 0.545. The molecule has 1 rings (SSSR count). The second-order valence-corrected chi connectivity index (χ2v) is 4.99. The molecule has 1 aromatic rings. The molecule has 0 spiro atoms. The number of rotatable bonds is 4. The minimum Gasteiger partial charge on any atom is -0.350 e. The van der Waals surface area contributed by atoms with Gasteiger partial charge in [0.25, 0.3) is 0 Å². The van der Waals surface area contributed by atoms with Crippen LogP contribution in [-0.2, 0) is 15.7 Å². The Balaban J connectivity index is 3.34. The van der Waals surface area contributed by atoms with Crippen LogP contribution in [0.5, 0.6) is 0 Å². The van der Waals surface area contributed by atoms with E-state index in [0.29, 0.717) is 5.56 Å². The van der Waals surface area contributed by atoms with E-state index in [2.05, 4.69) is 20.9 Å². The Labute approximate surface area is 111 Å². The van der Waals surface area contributed by atoms with Crippen molar-refractivity contribution in [2.75, 3.05) is 14.2 Å². The summed E-state index contributed by atoms with van der Waals surface area (Å²) in [4.78, 5) is 3.59. The van der Waals surface area contributed by atoms with Crippen molar-refractivity contribution in [3.8, 4) is 0 Å². The number of hydrogen-bond acceptors (Lipinski definition) is 3. The number of ether oxygens (including phenoxy) is 2. The summed E-state index contributed by atoms with van der Waals surface area (Å²) in [5, 5.41) is 0. The first-order valence-corrected chi connectivity index (χ1v) is 5.99. The number of hydrogen-bond donors (Lipinski definition) is 0. The molecule has 0 saturated heterocycles. The lowest BCUT2D eigenvalue weighted by Crippen LogP contribution is -2.17. The van der Waals surface area contributed by atoms with E-state index in [0.717, 1.165) is 6.07 Å². The van der Waals surface area contributed by atoms with Crippen LogP contribution in [0.4, 0.5) is 13.2 Å². The Bertz CT molecular complexity index is 406. The number of aromatic nitrogens is 1. The van der Waals surface area contributed by atoms with E-state index in [1.165, 1.54) is 20.4 Å². The van der Waals surface area contributed by atoms with Crippen molar-refractivity contribution < 1.29 is 22.6 Å². The van der Waals surface area contributed by atoms with Gasteiger partial charge in [-0.05, 0) is 18.6 Å². The Morgan fingerprint density at radius 3 is 2.22 bits per heavy atom. The predicted molar refractivity (Wildman–Crippen MR) is 63.3 cm³/mol. The first kappa shape index (κ1) is 15.4. The van der Waals surface area contributed by atoms with E-state index in [1.807, 2.05) is 0 Å². The first-order valence-electron chi connectivity index (χ1n) is 5.08. The van der Waals surface area contributed by atoms with E-state index in [4.69, 9.17) is 9.47 Å². The largest absolute Gasteiger partial charge is 0.418 e. The standard InChI is InChI=1S/C11H13BrF3NO2/c1-6(12)7-4-8(11(13,14)15)9(16-5-7)10(17-2)18-3/h4-6,10H,1-3H3. The molecule has 0 bridgehead atoms. The smallest absolute Gasteiger partial charge is 0.350 e. The topological polar surface area (TPSA) is 31.4 Å². The van der Waals surface area contributed by atoms with E-state index in [1.54, 1.807) is 6.92 Å². The maximum Gasteiger partial charge on any atom is 0.418 e. The number of methoxy groups -OCH3 is 2. The van der Waals surface area contributed by atoms with Gasteiger partial charge in [-0.2, -0.15) is 13.2 Å². The fourth-order valence-electron chi connectivity index (χ4n) is 1.44. The van der Waals surface area contributed by atoms with Crippen molar-refractivity contribution in [2.24, 2.45) is 0 Å². The third-order valence-corrected chi connectivity index (χ3v) is 2.88. The monoisotopic (exact) mass is 327 g/mol. The van der Waals surface area contributed by atoms with Crippen molar-refractivity contribution in [3.63, 3.8) is 0 Å². The summed E-state index contributed by atoms with van der Waals surface area (Å²) in [6, 6.07) is 1.05. The third-order valence-electron chi connectivity index (χ3n) is 2.36. The van der Waals surface area contributed by atoms with Gasteiger partial charge in [-0.3, -0.25) is 4.98 Å². The molecule has 0 aromatic carbocycles. The molecule has 0 aliphatic carbocycles. The lowest BCUT2D eigenvalue weighted by Gasteiger charge is -2.19. The zero-order valence-corrected chi connectivity index (χ0v) is 11.7. The predicted octanol–water partition coefficient (Wildman–Crippen LogP) is 3.85. The fourth-order valence-corrected chi connectivity index (χ4v) is 1.69. The second-order valence-electron chi connectivity index (χ2n) is 3.62. The summed E-state index contributed by atoms with van der Waals surface area (Å²) >= 11 is 3.21. The van der Waals surface area contributed by atoms with E-state index < -0.39 is 18.0 Å². The number of halogens is 4. The van der Waals surface area contributed by atoms with E-state index >= 15 is 0 Å². The van der Waals surface area contributed by atoms with E-state index in [-0.39, 0.29) is 10.5 Å². The van der Waals surface area contributed by atoms with Gasteiger partial charge in [0.05, 0.1) is 5.56 Å². The molecule has 102 valence electrons. The van der Waals surface area contributed by atoms with Gasteiger partial charge in [0.2, 0.25) is 6.29 Å². The number of nitrogens with zero attached hydrogens (tertiary/aromatic N) is 1. The van der Waals surface area contributed by atoms with Gasteiger partial charge < -0.3 is 9.47 Å². The maximum absolute atomic E-state index is 13.0. The summed E-state index contributed by atoms with van der Waals surface area (Å²) in [6.07, 6.45) is -4.27. The Morgan fingerprint density at radius 2 is 1.83 bits per heavy atom. The molecule has 3 nitrogen and oxygen atoms in total. The van der Waals surface area contributed by atoms with Gasteiger partial charge in [-0.1, -0.05) is 15.9 Å². The van der Waals surface area contributed by atoms with Crippen molar-refractivity contribution >= 4 is 15.9 Å². The molecule has 1 heterocycles. The molecule has 1 aromatic heterocycles. The average molecular weight is 328 g/mol. The van der Waals surface area contributed by atoms with Crippen LogP contribution in [0.25, 0.3) is 0 Å². The van der Waals surface area contributed by atoms with Crippen LogP contribution < -0.4 is 0 Å². The van der Waals surface area contributed by atoms with Gasteiger partial charge in [0, 0.05) is 25.2 Å². The van der Waals surface area contributed by atoms with Crippen molar-refractivity contribution in [2.45, 2.75) is 24.2 Å². The molecule has 0 radical (unpaired) electrons. The summed E-state index contributed by atoms with van der Waals surface area (Å²) in [6.45, 7) is 1.72. The highest BCUT2D eigenvalue weighted by molar-refractivity contribution is 9.09. The quantitative estimate of drug-likeness (QED) is 0.621. The molecule has 0 amide bonds. The molecule has 1 unspecified atom stereocenters. The van der Waals surface area contributed by atoms with Crippen molar-refractivity contribution in [1.82, 2.24) is 4.98 Å². The molecule has 0 fully saturated rings. The normalized spacial score (nSPS) is 14.0. The maximum atomic E-state index is 13.0. The Kier molecular flexibility index (Phi) is 5.12. The molecule has 0 aliphatic rings. The van der Waals surface area contributed by atoms with Crippen LogP contribution in [0.15, 0.2) is 12.3 Å². The van der Waals surface area contributed by atoms with Gasteiger partial charge >= 0.3 is 6.18 Å². The first-order chi connectivity index (χ1) is 8.31. The van der Waals surface area contributed by atoms with Crippen LogP contribution >= 0.6 is 15.9 Å². The van der Waals surface area contributed by atoms with Gasteiger partial charge in [0.1, 0.15) is 5.69 Å². The van der Waals surface area contributed by atoms with Gasteiger partial charge in [0.15, 0.2) is 0 Å². The SMILES string of the molecule is COC(OC)c1ncc(C(C)Br)cc1C(F)(F)F. The average Bonchev–Trinajstić information content (AvgIpc) is 2.29. The summed E-state index contributed by atoms with van der Waals surface area (Å²) in [7, 11) is 2.52. The number of pyridine rings is 1.